The third-order valence-electron chi connectivity index (χ3n) is 4.94. The van der Waals surface area contributed by atoms with E-state index in [1.807, 2.05) is 62.4 Å². The number of pyridine rings is 1. The molecule has 0 saturated carbocycles. The fourth-order valence-electron chi connectivity index (χ4n) is 3.44. The molecule has 0 saturated heterocycles. The van der Waals surface area contributed by atoms with Crippen LogP contribution in [0.3, 0.4) is 0 Å². The lowest BCUT2D eigenvalue weighted by Gasteiger charge is -2.18. The van der Waals surface area contributed by atoms with Crippen molar-refractivity contribution in [1.82, 2.24) is 10.3 Å². The lowest BCUT2D eigenvalue weighted by atomic mass is 10.0. The fourth-order valence-corrected chi connectivity index (χ4v) is 3.44. The van der Waals surface area contributed by atoms with Crippen LogP contribution in [0.15, 0.2) is 59.5 Å². The van der Waals surface area contributed by atoms with E-state index in [9.17, 15) is 14.4 Å². The smallest absolute Gasteiger partial charge is 0.328 e. The maximum absolute atomic E-state index is 13.0. The summed E-state index contributed by atoms with van der Waals surface area (Å²) in [4.78, 5) is 40.8. The van der Waals surface area contributed by atoms with Crippen molar-refractivity contribution in [2.45, 2.75) is 32.7 Å². The molecule has 6 heteroatoms. The highest BCUT2D eigenvalue weighted by Gasteiger charge is 2.24. The second-order valence-electron chi connectivity index (χ2n) is 7.75. The molecule has 0 bridgehead atoms. The van der Waals surface area contributed by atoms with Crippen LogP contribution in [0.5, 0.6) is 0 Å². The third kappa shape index (κ3) is 4.95. The minimum atomic E-state index is -0.804. The van der Waals surface area contributed by atoms with E-state index in [0.29, 0.717) is 23.7 Å². The number of amides is 1. The van der Waals surface area contributed by atoms with Crippen molar-refractivity contribution in [1.29, 1.82) is 0 Å². The van der Waals surface area contributed by atoms with Crippen molar-refractivity contribution in [2.24, 2.45) is 5.92 Å². The molecule has 156 valence electrons. The molecule has 0 aliphatic rings. The van der Waals surface area contributed by atoms with Gasteiger partial charge in [-0.1, -0.05) is 50.2 Å². The highest BCUT2D eigenvalue weighted by atomic mass is 16.5. The number of methoxy groups -OCH3 is 1. The molecule has 0 fully saturated rings. The summed E-state index contributed by atoms with van der Waals surface area (Å²) >= 11 is 0. The van der Waals surface area contributed by atoms with Gasteiger partial charge in [0.05, 0.1) is 7.11 Å². The van der Waals surface area contributed by atoms with Crippen molar-refractivity contribution in [3.8, 4) is 0 Å². The number of fused-ring (bicyclic) bond motifs is 1. The first-order chi connectivity index (χ1) is 14.4. The summed E-state index contributed by atoms with van der Waals surface area (Å²) < 4.78 is 4.78. The van der Waals surface area contributed by atoms with Gasteiger partial charge in [-0.3, -0.25) is 9.59 Å². The van der Waals surface area contributed by atoms with Gasteiger partial charge in [0.2, 0.25) is 5.43 Å². The first-order valence-electron chi connectivity index (χ1n) is 9.96. The minimum Gasteiger partial charge on any atom is -0.467 e. The van der Waals surface area contributed by atoms with Gasteiger partial charge in [0.15, 0.2) is 0 Å². The quantitative estimate of drug-likeness (QED) is 0.589. The Morgan fingerprint density at radius 2 is 1.80 bits per heavy atom. The molecule has 2 aromatic carbocycles. The Labute approximate surface area is 175 Å². The summed E-state index contributed by atoms with van der Waals surface area (Å²) in [5.74, 6) is -0.952. The van der Waals surface area contributed by atoms with Crippen molar-refractivity contribution in [2.75, 3.05) is 7.11 Å². The van der Waals surface area contributed by atoms with Crippen LogP contribution in [0.1, 0.15) is 41.8 Å². The maximum atomic E-state index is 13.0. The minimum absolute atomic E-state index is 0.0305. The Morgan fingerprint density at radius 3 is 2.47 bits per heavy atom. The van der Waals surface area contributed by atoms with Gasteiger partial charge in [0.1, 0.15) is 11.6 Å². The lowest BCUT2D eigenvalue weighted by Crippen LogP contribution is -2.43. The highest BCUT2D eigenvalue weighted by Crippen LogP contribution is 2.15. The second kappa shape index (κ2) is 9.39. The predicted octanol–water partition coefficient (Wildman–Crippen LogP) is 3.44. The van der Waals surface area contributed by atoms with Gasteiger partial charge in [-0.25, -0.2) is 4.79 Å². The number of H-pyrrole nitrogens is 1. The van der Waals surface area contributed by atoms with Gasteiger partial charge in [0.25, 0.3) is 5.91 Å². The number of carbonyl (C=O) groups is 2. The molecule has 1 heterocycles. The molecule has 0 aliphatic carbocycles. The molecule has 0 aliphatic heterocycles. The SMILES string of the molecule is COC(=O)[C@H](CC(C)C)NC(=O)c1c[nH]c2ccc(Cc3ccccc3)cc2c1=O. The first kappa shape index (κ1) is 21.3. The predicted molar refractivity (Wildman–Crippen MR) is 117 cm³/mol. The Bertz CT molecular complexity index is 1100. The van der Waals surface area contributed by atoms with Crippen molar-refractivity contribution in [3.05, 3.63) is 81.6 Å². The van der Waals surface area contributed by atoms with Crippen LogP contribution in [-0.4, -0.2) is 30.0 Å². The van der Waals surface area contributed by atoms with Gasteiger partial charge < -0.3 is 15.0 Å². The van der Waals surface area contributed by atoms with Crippen LogP contribution in [0.4, 0.5) is 0 Å². The number of aromatic nitrogens is 1. The molecule has 2 N–H and O–H groups in total. The Kier molecular flexibility index (Phi) is 6.67. The van der Waals surface area contributed by atoms with Crippen molar-refractivity contribution in [3.63, 3.8) is 0 Å². The van der Waals surface area contributed by atoms with Crippen LogP contribution < -0.4 is 10.7 Å². The van der Waals surface area contributed by atoms with E-state index in [0.717, 1.165) is 11.1 Å². The van der Waals surface area contributed by atoms with Crippen LogP contribution in [-0.2, 0) is 16.0 Å². The molecular weight excluding hydrogens is 380 g/mol. The number of aromatic amines is 1. The molecule has 0 radical (unpaired) electrons. The zero-order valence-corrected chi connectivity index (χ0v) is 17.4. The van der Waals surface area contributed by atoms with E-state index in [4.69, 9.17) is 4.74 Å². The number of nitrogens with one attached hydrogen (secondary N) is 2. The molecule has 3 rings (SSSR count). The maximum Gasteiger partial charge on any atom is 0.328 e. The van der Waals surface area contributed by atoms with E-state index in [-0.39, 0.29) is 16.9 Å². The van der Waals surface area contributed by atoms with Crippen LogP contribution in [0, 0.1) is 5.92 Å². The van der Waals surface area contributed by atoms with Crippen molar-refractivity contribution < 1.29 is 14.3 Å². The molecule has 0 spiro atoms. The Morgan fingerprint density at radius 1 is 1.07 bits per heavy atom. The van der Waals surface area contributed by atoms with Gasteiger partial charge in [-0.05, 0) is 42.0 Å². The van der Waals surface area contributed by atoms with Crippen LogP contribution >= 0.6 is 0 Å². The molecule has 6 nitrogen and oxygen atoms in total. The zero-order valence-electron chi connectivity index (χ0n) is 17.4. The van der Waals surface area contributed by atoms with E-state index >= 15 is 0 Å². The molecule has 1 atom stereocenters. The second-order valence-corrected chi connectivity index (χ2v) is 7.75. The van der Waals surface area contributed by atoms with E-state index in [1.54, 1.807) is 0 Å². The molecular formula is C24H26N2O4. The van der Waals surface area contributed by atoms with E-state index in [1.165, 1.54) is 13.3 Å². The summed E-state index contributed by atoms with van der Waals surface area (Å²) in [6, 6.07) is 14.8. The normalized spacial score (nSPS) is 12.0. The van der Waals surface area contributed by atoms with Gasteiger partial charge in [-0.2, -0.15) is 0 Å². The van der Waals surface area contributed by atoms with Crippen molar-refractivity contribution >= 4 is 22.8 Å². The van der Waals surface area contributed by atoms with Crippen LogP contribution in [0.25, 0.3) is 10.9 Å². The molecule has 1 aromatic heterocycles. The number of hydrogen-bond acceptors (Lipinski definition) is 4. The largest absolute Gasteiger partial charge is 0.467 e. The zero-order chi connectivity index (χ0) is 21.7. The number of benzene rings is 2. The molecule has 1 amide bonds. The topological polar surface area (TPSA) is 88.3 Å². The number of rotatable bonds is 7. The van der Waals surface area contributed by atoms with Crippen LogP contribution in [0.2, 0.25) is 0 Å². The fraction of sp³-hybridized carbons (Fsp3) is 0.292. The number of esters is 1. The number of carbonyl (C=O) groups excluding carboxylic acids is 2. The van der Waals surface area contributed by atoms with Gasteiger partial charge in [-0.15, -0.1) is 0 Å². The van der Waals surface area contributed by atoms with Gasteiger partial charge >= 0.3 is 5.97 Å². The average molecular weight is 406 g/mol. The lowest BCUT2D eigenvalue weighted by molar-refractivity contribution is -0.143. The summed E-state index contributed by atoms with van der Waals surface area (Å²) in [5, 5.41) is 3.08. The first-order valence-corrected chi connectivity index (χ1v) is 9.96. The molecule has 30 heavy (non-hydrogen) atoms. The summed E-state index contributed by atoms with van der Waals surface area (Å²) in [5.41, 5.74) is 2.36. The van der Waals surface area contributed by atoms with E-state index in [2.05, 4.69) is 10.3 Å². The Balaban J connectivity index is 1.90. The third-order valence-corrected chi connectivity index (χ3v) is 4.94. The number of ether oxygens (including phenoxy) is 1. The van der Waals surface area contributed by atoms with E-state index < -0.39 is 17.9 Å². The standard InChI is InChI=1S/C24H26N2O4/c1-15(2)11-21(24(29)30-3)26-23(28)19-14-25-20-10-9-17(13-18(20)22(19)27)12-16-7-5-4-6-8-16/h4-10,13-15,21H,11-12H2,1-3H3,(H,25,27)(H,26,28)/t21-/m0/s1. The molecule has 0 unspecified atom stereocenters. The van der Waals surface area contributed by atoms with Gasteiger partial charge in [0, 0.05) is 17.1 Å². The summed E-state index contributed by atoms with van der Waals surface area (Å²) in [6.45, 7) is 3.89. The summed E-state index contributed by atoms with van der Waals surface area (Å²) in [7, 11) is 1.28. The highest BCUT2D eigenvalue weighted by molar-refractivity contribution is 5.99. The number of hydrogen-bond donors (Lipinski definition) is 2. The molecule has 3 aromatic rings. The summed E-state index contributed by atoms with van der Waals surface area (Å²) in [6.07, 6.45) is 2.50. The Hall–Kier alpha value is -3.41. The monoisotopic (exact) mass is 406 g/mol. The average Bonchev–Trinajstić information content (AvgIpc) is 2.73.